The molecule has 0 amide bonds. The van der Waals surface area contributed by atoms with Gasteiger partial charge in [-0.2, -0.15) is 0 Å². The van der Waals surface area contributed by atoms with Crippen molar-refractivity contribution < 1.29 is 23.7 Å². The van der Waals surface area contributed by atoms with E-state index in [-0.39, 0.29) is 17.6 Å². The van der Waals surface area contributed by atoms with Gasteiger partial charge in [-0.3, -0.25) is 4.79 Å². The van der Waals surface area contributed by atoms with E-state index in [1.807, 2.05) is 31.2 Å². The van der Waals surface area contributed by atoms with Crippen LogP contribution in [0.5, 0.6) is 11.5 Å². The summed E-state index contributed by atoms with van der Waals surface area (Å²) in [5.74, 6) is 1.61. The highest BCUT2D eigenvalue weighted by atomic mass is 16.6. The van der Waals surface area contributed by atoms with Gasteiger partial charge in [0.2, 0.25) is 0 Å². The Morgan fingerprint density at radius 3 is 1.96 bits per heavy atom. The minimum Gasteiger partial charge on any atom is -0.491 e. The van der Waals surface area contributed by atoms with E-state index in [2.05, 4.69) is 42.8 Å². The summed E-state index contributed by atoms with van der Waals surface area (Å²) in [7, 11) is 0. The molecule has 0 bridgehead atoms. The maximum Gasteiger partial charge on any atom is 0.293 e. The monoisotopic (exact) mass is 370 g/mol. The summed E-state index contributed by atoms with van der Waals surface area (Å²) in [4.78, 5) is 10.1. The molecule has 1 aliphatic heterocycles. The second-order valence-electron chi connectivity index (χ2n) is 7.52. The van der Waals surface area contributed by atoms with Crippen LogP contribution >= 0.6 is 0 Å². The van der Waals surface area contributed by atoms with Crippen molar-refractivity contribution in [1.29, 1.82) is 0 Å². The first-order chi connectivity index (χ1) is 12.9. The third kappa shape index (κ3) is 5.01. The third-order valence-electron chi connectivity index (χ3n) is 4.87. The maximum atomic E-state index is 10.1. The van der Waals surface area contributed by atoms with E-state index in [0.29, 0.717) is 19.7 Å². The molecule has 5 heteroatoms. The Bertz CT molecular complexity index is 745. The van der Waals surface area contributed by atoms with Crippen LogP contribution in [0.25, 0.3) is 0 Å². The highest BCUT2D eigenvalue weighted by Crippen LogP contribution is 2.34. The maximum absolute atomic E-state index is 10.1. The van der Waals surface area contributed by atoms with E-state index in [0.717, 1.165) is 18.1 Å². The molecule has 2 aromatic rings. The lowest BCUT2D eigenvalue weighted by molar-refractivity contribution is -0.129. The van der Waals surface area contributed by atoms with Crippen molar-refractivity contribution >= 4 is 6.47 Å². The SMILES string of the molecule is CC1(COc2ccc(C(C)(C)c3ccc(OCCOC=O)cc3)cc2)CO1. The highest BCUT2D eigenvalue weighted by molar-refractivity contribution is 5.42. The van der Waals surface area contributed by atoms with Crippen molar-refractivity contribution in [1.82, 2.24) is 0 Å². The minimum atomic E-state index is -0.150. The normalized spacial score (nSPS) is 18.6. The van der Waals surface area contributed by atoms with Gasteiger partial charge in [-0.25, -0.2) is 0 Å². The summed E-state index contributed by atoms with van der Waals surface area (Å²) in [6.07, 6.45) is 0. The Balaban J connectivity index is 1.61. The molecule has 1 unspecified atom stereocenters. The first-order valence-corrected chi connectivity index (χ1v) is 9.09. The molecule has 0 spiro atoms. The molecule has 0 N–H and O–H groups in total. The van der Waals surface area contributed by atoms with Crippen molar-refractivity contribution in [3.63, 3.8) is 0 Å². The van der Waals surface area contributed by atoms with E-state index in [4.69, 9.17) is 14.2 Å². The van der Waals surface area contributed by atoms with E-state index >= 15 is 0 Å². The summed E-state index contributed by atoms with van der Waals surface area (Å²) in [5.41, 5.74) is 2.13. The predicted molar refractivity (Wildman–Crippen MR) is 102 cm³/mol. The van der Waals surface area contributed by atoms with Crippen molar-refractivity contribution in [3.8, 4) is 11.5 Å². The van der Waals surface area contributed by atoms with Gasteiger partial charge >= 0.3 is 0 Å². The Morgan fingerprint density at radius 2 is 1.48 bits per heavy atom. The van der Waals surface area contributed by atoms with Crippen LogP contribution in [0, 0.1) is 0 Å². The first-order valence-electron chi connectivity index (χ1n) is 9.09. The van der Waals surface area contributed by atoms with Crippen molar-refractivity contribution in [2.45, 2.75) is 31.8 Å². The Morgan fingerprint density at radius 1 is 0.963 bits per heavy atom. The van der Waals surface area contributed by atoms with Crippen molar-refractivity contribution in [3.05, 3.63) is 59.7 Å². The van der Waals surface area contributed by atoms with Crippen molar-refractivity contribution in [2.75, 3.05) is 26.4 Å². The second kappa shape index (κ2) is 8.01. The Kier molecular flexibility index (Phi) is 5.71. The molecule has 3 rings (SSSR count). The summed E-state index contributed by atoms with van der Waals surface area (Å²) in [6.45, 7) is 8.78. The quantitative estimate of drug-likeness (QED) is 0.362. The van der Waals surface area contributed by atoms with Gasteiger partial charge < -0.3 is 18.9 Å². The Labute approximate surface area is 160 Å². The van der Waals surface area contributed by atoms with Crippen LogP contribution in [0.3, 0.4) is 0 Å². The van der Waals surface area contributed by atoms with E-state index in [1.165, 1.54) is 11.1 Å². The molecule has 0 saturated carbocycles. The fraction of sp³-hybridized carbons (Fsp3) is 0.409. The number of carbonyl (C=O) groups excluding carboxylic acids is 1. The summed E-state index contributed by atoms with van der Waals surface area (Å²) in [5, 5.41) is 0. The van der Waals surface area contributed by atoms with Crippen LogP contribution in [0.4, 0.5) is 0 Å². The van der Waals surface area contributed by atoms with Gasteiger partial charge in [0.1, 0.15) is 36.9 Å². The molecule has 1 heterocycles. The van der Waals surface area contributed by atoms with Crippen LogP contribution in [0.1, 0.15) is 31.9 Å². The number of hydrogen-bond acceptors (Lipinski definition) is 5. The topological polar surface area (TPSA) is 57.3 Å². The third-order valence-corrected chi connectivity index (χ3v) is 4.87. The molecule has 1 saturated heterocycles. The number of epoxide rings is 1. The van der Waals surface area contributed by atoms with Crippen LogP contribution in [0.15, 0.2) is 48.5 Å². The highest BCUT2D eigenvalue weighted by Gasteiger charge is 2.40. The van der Waals surface area contributed by atoms with Gasteiger partial charge in [-0.15, -0.1) is 0 Å². The number of ether oxygens (including phenoxy) is 4. The summed E-state index contributed by atoms with van der Waals surface area (Å²) in [6, 6.07) is 16.2. The van der Waals surface area contributed by atoms with Crippen LogP contribution in [-0.2, 0) is 19.7 Å². The van der Waals surface area contributed by atoms with Gasteiger partial charge in [-0.05, 0) is 42.3 Å². The molecule has 1 aliphatic rings. The minimum absolute atomic E-state index is 0.110. The molecule has 144 valence electrons. The average Bonchev–Trinajstić information content (AvgIpc) is 3.42. The van der Waals surface area contributed by atoms with Gasteiger partial charge in [0.15, 0.2) is 0 Å². The molecular formula is C22H26O5. The Hall–Kier alpha value is -2.53. The van der Waals surface area contributed by atoms with E-state index in [9.17, 15) is 4.79 Å². The van der Waals surface area contributed by atoms with Crippen molar-refractivity contribution in [2.24, 2.45) is 0 Å². The van der Waals surface area contributed by atoms with Crippen LogP contribution in [-0.4, -0.2) is 38.5 Å². The smallest absolute Gasteiger partial charge is 0.293 e. The van der Waals surface area contributed by atoms with Crippen LogP contribution in [0.2, 0.25) is 0 Å². The lowest BCUT2D eigenvalue weighted by Gasteiger charge is -2.26. The standard InChI is InChI=1S/C22H26O5/c1-21(2,17-4-8-19(9-5-17)25-13-12-24-16-23)18-6-10-20(11-7-18)26-14-22(3)15-27-22/h4-11,16H,12-15H2,1-3H3. The molecule has 27 heavy (non-hydrogen) atoms. The second-order valence-corrected chi connectivity index (χ2v) is 7.52. The van der Waals surface area contributed by atoms with E-state index < -0.39 is 0 Å². The fourth-order valence-corrected chi connectivity index (χ4v) is 2.80. The van der Waals surface area contributed by atoms with Gasteiger partial charge in [-0.1, -0.05) is 38.1 Å². The van der Waals surface area contributed by atoms with Gasteiger partial charge in [0.05, 0.1) is 6.61 Å². The molecule has 2 aromatic carbocycles. The zero-order valence-corrected chi connectivity index (χ0v) is 16.1. The zero-order valence-electron chi connectivity index (χ0n) is 16.1. The summed E-state index contributed by atoms with van der Waals surface area (Å²) >= 11 is 0. The molecule has 1 atom stereocenters. The lowest BCUT2D eigenvalue weighted by Crippen LogP contribution is -2.19. The number of benzene rings is 2. The lowest BCUT2D eigenvalue weighted by atomic mass is 9.78. The van der Waals surface area contributed by atoms with Crippen LogP contribution < -0.4 is 9.47 Å². The van der Waals surface area contributed by atoms with Gasteiger partial charge in [0, 0.05) is 5.41 Å². The molecule has 0 aromatic heterocycles. The average molecular weight is 370 g/mol. The zero-order chi connectivity index (χ0) is 19.3. The first kappa shape index (κ1) is 19.2. The molecule has 0 radical (unpaired) electrons. The molecule has 5 nitrogen and oxygen atoms in total. The number of hydrogen-bond donors (Lipinski definition) is 0. The van der Waals surface area contributed by atoms with Gasteiger partial charge in [0.25, 0.3) is 6.47 Å². The molecule has 0 aliphatic carbocycles. The largest absolute Gasteiger partial charge is 0.491 e. The number of rotatable bonds is 10. The van der Waals surface area contributed by atoms with E-state index in [1.54, 1.807) is 0 Å². The fourth-order valence-electron chi connectivity index (χ4n) is 2.80. The molecule has 1 fully saturated rings. The summed E-state index contributed by atoms with van der Waals surface area (Å²) < 4.78 is 21.3. The molecular weight excluding hydrogens is 344 g/mol. The number of carbonyl (C=O) groups is 1. The predicted octanol–water partition coefficient (Wildman–Crippen LogP) is 3.73.